The number of fused-ring (bicyclic) bond motifs is 1. The predicted molar refractivity (Wildman–Crippen MR) is 120 cm³/mol. The Kier molecular flexibility index (Phi) is 7.39. The van der Waals surface area contributed by atoms with Crippen LogP contribution in [0, 0.1) is 23.4 Å². The number of hydrogen-bond acceptors (Lipinski definition) is 2. The summed E-state index contributed by atoms with van der Waals surface area (Å²) in [6.45, 7) is 3.61. The van der Waals surface area contributed by atoms with Gasteiger partial charge in [0.05, 0.1) is 13.2 Å². The van der Waals surface area contributed by atoms with Crippen LogP contribution in [0.15, 0.2) is 42.5 Å². The van der Waals surface area contributed by atoms with E-state index in [2.05, 4.69) is 6.92 Å². The molecule has 2 nitrogen and oxygen atoms in total. The van der Waals surface area contributed by atoms with Crippen LogP contribution in [0.5, 0.6) is 0 Å². The Morgan fingerprint density at radius 2 is 1.59 bits per heavy atom. The molecule has 0 aliphatic carbocycles. The number of ether oxygens (including phenoxy) is 2. The van der Waals surface area contributed by atoms with Crippen LogP contribution >= 0.6 is 11.6 Å². The fraction of sp³-hybridized carbons (Fsp3) is 0.385. The SMILES string of the molecule is CCC1COC(CCc2ccc3c(F)c(CCc4cc(F)c(Cl)c(F)c4)ccc3c2)OC1. The standard InChI is InChI=1S/C26H26ClF3O2/c1-2-16-14-31-24(32-15-16)10-5-17-4-9-21-20(11-17)8-7-19(26(21)30)6-3-18-12-22(28)25(27)23(29)13-18/h4,7-9,11-13,16,24H,2-3,5-6,10,14-15H2,1H3. The maximum atomic E-state index is 15.1. The molecule has 0 unspecified atom stereocenters. The average Bonchev–Trinajstić information content (AvgIpc) is 2.81. The van der Waals surface area contributed by atoms with Gasteiger partial charge in [0.2, 0.25) is 0 Å². The molecule has 1 fully saturated rings. The Labute approximate surface area is 191 Å². The maximum Gasteiger partial charge on any atom is 0.157 e. The summed E-state index contributed by atoms with van der Waals surface area (Å²) in [6, 6.07) is 11.7. The number of rotatable bonds is 7. The van der Waals surface area contributed by atoms with Crippen molar-refractivity contribution < 1.29 is 22.6 Å². The van der Waals surface area contributed by atoms with Crippen LogP contribution in [-0.2, 0) is 28.7 Å². The maximum absolute atomic E-state index is 15.1. The van der Waals surface area contributed by atoms with E-state index in [0.29, 0.717) is 35.3 Å². The highest BCUT2D eigenvalue weighted by atomic mass is 35.5. The Balaban J connectivity index is 1.41. The summed E-state index contributed by atoms with van der Waals surface area (Å²) >= 11 is 5.52. The summed E-state index contributed by atoms with van der Waals surface area (Å²) in [7, 11) is 0. The van der Waals surface area contributed by atoms with E-state index in [1.165, 1.54) is 12.1 Å². The Morgan fingerprint density at radius 3 is 2.28 bits per heavy atom. The van der Waals surface area contributed by atoms with Crippen LogP contribution in [0.4, 0.5) is 13.2 Å². The van der Waals surface area contributed by atoms with Crippen molar-refractivity contribution in [3.63, 3.8) is 0 Å². The average molecular weight is 463 g/mol. The highest BCUT2D eigenvalue weighted by molar-refractivity contribution is 6.30. The number of aryl methyl sites for hydroxylation is 3. The van der Waals surface area contributed by atoms with E-state index in [0.717, 1.165) is 43.4 Å². The third-order valence-corrected chi connectivity index (χ3v) is 6.47. The van der Waals surface area contributed by atoms with Crippen molar-refractivity contribution in [2.75, 3.05) is 13.2 Å². The van der Waals surface area contributed by atoms with Crippen molar-refractivity contribution in [2.45, 2.75) is 45.3 Å². The van der Waals surface area contributed by atoms with Gasteiger partial charge in [-0.25, -0.2) is 13.2 Å². The van der Waals surface area contributed by atoms with Gasteiger partial charge in [-0.05, 0) is 59.9 Å². The number of halogens is 4. The highest BCUT2D eigenvalue weighted by Gasteiger charge is 2.20. The second kappa shape index (κ2) is 10.2. The van der Waals surface area contributed by atoms with Gasteiger partial charge in [-0.3, -0.25) is 0 Å². The lowest BCUT2D eigenvalue weighted by atomic mass is 9.98. The van der Waals surface area contributed by atoms with E-state index in [1.54, 1.807) is 12.1 Å². The lowest BCUT2D eigenvalue weighted by Crippen LogP contribution is -2.32. The Bertz CT molecular complexity index is 1070. The van der Waals surface area contributed by atoms with Crippen LogP contribution in [0.2, 0.25) is 5.02 Å². The molecule has 0 N–H and O–H groups in total. The van der Waals surface area contributed by atoms with Gasteiger partial charge in [0.15, 0.2) is 6.29 Å². The van der Waals surface area contributed by atoms with Crippen LogP contribution in [0.25, 0.3) is 10.8 Å². The molecule has 6 heteroatoms. The summed E-state index contributed by atoms with van der Waals surface area (Å²) in [6.07, 6.45) is 3.06. The molecule has 0 aromatic heterocycles. The van der Waals surface area contributed by atoms with Crippen LogP contribution in [0.3, 0.4) is 0 Å². The van der Waals surface area contributed by atoms with Crippen molar-refractivity contribution in [1.82, 2.24) is 0 Å². The van der Waals surface area contributed by atoms with E-state index in [4.69, 9.17) is 21.1 Å². The monoisotopic (exact) mass is 462 g/mol. The molecule has 0 atom stereocenters. The van der Waals surface area contributed by atoms with Gasteiger partial charge in [0.25, 0.3) is 0 Å². The molecule has 3 aromatic carbocycles. The lowest BCUT2D eigenvalue weighted by molar-refractivity contribution is -0.202. The summed E-state index contributed by atoms with van der Waals surface area (Å²) in [5.41, 5.74) is 2.05. The molecule has 0 radical (unpaired) electrons. The quantitative estimate of drug-likeness (QED) is 0.351. The van der Waals surface area contributed by atoms with Crippen LogP contribution < -0.4 is 0 Å². The van der Waals surface area contributed by atoms with E-state index >= 15 is 4.39 Å². The van der Waals surface area contributed by atoms with Crippen LogP contribution in [0.1, 0.15) is 36.5 Å². The fourth-order valence-electron chi connectivity index (χ4n) is 4.04. The second-order valence-electron chi connectivity index (χ2n) is 8.38. The molecule has 0 amide bonds. The van der Waals surface area contributed by atoms with Gasteiger partial charge in [-0.2, -0.15) is 0 Å². The van der Waals surface area contributed by atoms with E-state index < -0.39 is 16.7 Å². The van der Waals surface area contributed by atoms with Crippen molar-refractivity contribution in [3.8, 4) is 0 Å². The Hall–Kier alpha value is -2.08. The summed E-state index contributed by atoms with van der Waals surface area (Å²) in [4.78, 5) is 0. The normalized spacial score (nSPS) is 18.9. The topological polar surface area (TPSA) is 18.5 Å². The number of hydrogen-bond donors (Lipinski definition) is 0. The van der Waals surface area contributed by atoms with E-state index in [1.807, 2.05) is 18.2 Å². The van der Waals surface area contributed by atoms with E-state index in [-0.39, 0.29) is 12.1 Å². The molecule has 170 valence electrons. The third-order valence-electron chi connectivity index (χ3n) is 6.11. The first-order valence-corrected chi connectivity index (χ1v) is 11.4. The second-order valence-corrected chi connectivity index (χ2v) is 8.75. The largest absolute Gasteiger partial charge is 0.352 e. The van der Waals surface area contributed by atoms with Gasteiger partial charge >= 0.3 is 0 Å². The van der Waals surface area contributed by atoms with Gasteiger partial charge in [-0.15, -0.1) is 0 Å². The van der Waals surface area contributed by atoms with Crippen molar-refractivity contribution >= 4 is 22.4 Å². The minimum Gasteiger partial charge on any atom is -0.352 e. The minimum absolute atomic E-state index is 0.185. The molecular formula is C26H26ClF3O2. The molecular weight excluding hydrogens is 437 g/mol. The minimum atomic E-state index is -0.803. The molecule has 1 aliphatic rings. The van der Waals surface area contributed by atoms with Crippen LogP contribution in [-0.4, -0.2) is 19.5 Å². The van der Waals surface area contributed by atoms with Gasteiger partial charge in [0, 0.05) is 17.7 Å². The predicted octanol–water partition coefficient (Wildman–Crippen LogP) is 7.03. The molecule has 0 bridgehead atoms. The zero-order valence-corrected chi connectivity index (χ0v) is 18.7. The lowest BCUT2D eigenvalue weighted by Gasteiger charge is -2.28. The molecule has 0 saturated carbocycles. The molecule has 32 heavy (non-hydrogen) atoms. The highest BCUT2D eigenvalue weighted by Crippen LogP contribution is 2.26. The van der Waals surface area contributed by atoms with Crippen molar-refractivity contribution in [3.05, 3.63) is 81.6 Å². The van der Waals surface area contributed by atoms with Gasteiger partial charge in [-0.1, -0.05) is 48.9 Å². The molecule has 0 spiro atoms. The first kappa shape index (κ1) is 23.1. The summed E-state index contributed by atoms with van der Waals surface area (Å²) < 4.78 is 53.9. The molecule has 1 aliphatic heterocycles. The molecule has 1 saturated heterocycles. The third kappa shape index (κ3) is 5.28. The summed E-state index contributed by atoms with van der Waals surface area (Å²) in [5.74, 6) is -1.43. The molecule has 1 heterocycles. The zero-order chi connectivity index (χ0) is 22.7. The first-order chi connectivity index (χ1) is 15.4. The zero-order valence-electron chi connectivity index (χ0n) is 18.0. The van der Waals surface area contributed by atoms with E-state index in [9.17, 15) is 8.78 Å². The first-order valence-electron chi connectivity index (χ1n) is 11.0. The van der Waals surface area contributed by atoms with Crippen molar-refractivity contribution in [2.24, 2.45) is 5.92 Å². The summed E-state index contributed by atoms with van der Waals surface area (Å²) in [5, 5.41) is 0.840. The smallest absolute Gasteiger partial charge is 0.157 e. The number of benzene rings is 3. The van der Waals surface area contributed by atoms with Gasteiger partial charge < -0.3 is 9.47 Å². The fourth-order valence-corrected chi connectivity index (χ4v) is 4.15. The van der Waals surface area contributed by atoms with Crippen molar-refractivity contribution in [1.29, 1.82) is 0 Å². The van der Waals surface area contributed by atoms with Gasteiger partial charge in [0.1, 0.15) is 22.5 Å². The molecule has 3 aromatic rings. The Morgan fingerprint density at radius 1 is 0.875 bits per heavy atom. The molecule has 4 rings (SSSR count).